The third kappa shape index (κ3) is 4.23. The number of nitrogens with one attached hydrogen (secondary N) is 1. The van der Waals surface area contributed by atoms with Gasteiger partial charge in [-0.2, -0.15) is 0 Å². The summed E-state index contributed by atoms with van der Waals surface area (Å²) in [6.45, 7) is 0. The fraction of sp³-hybridized carbons (Fsp3) is 0.300. The van der Waals surface area contributed by atoms with Crippen LogP contribution in [0.5, 0.6) is 17.2 Å². The Balaban J connectivity index is 2.25. The number of carbonyl (C=O) groups is 2. The first-order valence-electron chi connectivity index (χ1n) is 8.66. The number of hydrogen-bond acceptors (Lipinski definition) is 6. The fourth-order valence-electron chi connectivity index (χ4n) is 3.27. The van der Waals surface area contributed by atoms with E-state index in [-0.39, 0.29) is 6.42 Å². The predicted molar refractivity (Wildman–Crippen MR) is 112 cm³/mol. The standard InChI is InChI=1S/C20H20ClNO6S/c1-26-13-6-4-5-11(18(13)28-3)19-12-7-10(21)8-14(27-2)17(12)22-20(25)15(29-19)9-16(23)24/h4-8,15,19H,9H2,1-3H3,(H,22,25)(H,23,24). The Hall–Kier alpha value is -2.58. The number of ether oxygens (including phenoxy) is 3. The summed E-state index contributed by atoms with van der Waals surface area (Å²) >= 11 is 7.52. The van der Waals surface area contributed by atoms with Crippen LogP contribution in [0.25, 0.3) is 0 Å². The van der Waals surface area contributed by atoms with E-state index in [1.54, 1.807) is 18.2 Å². The molecular weight excluding hydrogens is 418 g/mol. The molecule has 2 aromatic rings. The molecule has 2 atom stereocenters. The van der Waals surface area contributed by atoms with E-state index in [1.165, 1.54) is 33.1 Å². The van der Waals surface area contributed by atoms with Gasteiger partial charge < -0.3 is 24.6 Å². The third-order valence-electron chi connectivity index (χ3n) is 4.52. The molecule has 1 aliphatic heterocycles. The first-order valence-corrected chi connectivity index (χ1v) is 9.98. The minimum absolute atomic E-state index is 0.330. The van der Waals surface area contributed by atoms with Crippen LogP contribution >= 0.6 is 23.4 Å². The molecular formula is C20H20ClNO6S. The van der Waals surface area contributed by atoms with Gasteiger partial charge in [0.2, 0.25) is 5.91 Å². The maximum Gasteiger partial charge on any atom is 0.305 e. The number of amides is 1. The second kappa shape index (κ2) is 8.84. The lowest BCUT2D eigenvalue weighted by Gasteiger charge is -2.23. The van der Waals surface area contributed by atoms with Gasteiger partial charge in [-0.25, -0.2) is 0 Å². The average Bonchev–Trinajstić information content (AvgIpc) is 2.83. The number of fused-ring (bicyclic) bond motifs is 1. The van der Waals surface area contributed by atoms with Crippen molar-refractivity contribution < 1.29 is 28.9 Å². The minimum Gasteiger partial charge on any atom is -0.495 e. The van der Waals surface area contributed by atoms with Crippen LogP contribution in [0.15, 0.2) is 30.3 Å². The number of methoxy groups -OCH3 is 3. The van der Waals surface area contributed by atoms with Crippen molar-refractivity contribution in [1.29, 1.82) is 0 Å². The van der Waals surface area contributed by atoms with Gasteiger partial charge in [0.1, 0.15) is 5.75 Å². The van der Waals surface area contributed by atoms with Gasteiger partial charge in [-0.05, 0) is 17.7 Å². The lowest BCUT2D eigenvalue weighted by Crippen LogP contribution is -2.26. The Labute approximate surface area is 177 Å². The highest BCUT2D eigenvalue weighted by Crippen LogP contribution is 2.52. The SMILES string of the molecule is COc1cc(Cl)cc2c1NC(=O)C(CC(=O)O)SC2c1cccc(OC)c1OC. The molecule has 2 N–H and O–H groups in total. The summed E-state index contributed by atoms with van der Waals surface area (Å²) in [5.41, 5.74) is 1.87. The van der Waals surface area contributed by atoms with Crippen molar-refractivity contribution in [2.75, 3.05) is 26.6 Å². The Bertz CT molecular complexity index is 951. The first kappa shape index (κ1) is 21.1. The number of thioether (sulfide) groups is 1. The molecule has 1 heterocycles. The number of carbonyl (C=O) groups excluding carboxylic acids is 1. The molecule has 0 saturated heterocycles. The number of benzene rings is 2. The zero-order valence-corrected chi connectivity index (χ0v) is 17.6. The molecule has 7 nitrogen and oxygen atoms in total. The molecule has 0 radical (unpaired) electrons. The highest BCUT2D eigenvalue weighted by Gasteiger charge is 2.36. The number of para-hydroxylation sites is 1. The lowest BCUT2D eigenvalue weighted by molar-refractivity contribution is -0.138. The van der Waals surface area contributed by atoms with Crippen LogP contribution in [-0.2, 0) is 9.59 Å². The first-order chi connectivity index (χ1) is 13.9. The maximum absolute atomic E-state index is 12.8. The van der Waals surface area contributed by atoms with Gasteiger partial charge in [-0.3, -0.25) is 9.59 Å². The highest BCUT2D eigenvalue weighted by atomic mass is 35.5. The molecule has 0 bridgehead atoms. The second-order valence-electron chi connectivity index (χ2n) is 6.25. The summed E-state index contributed by atoms with van der Waals surface area (Å²) in [6.07, 6.45) is -0.330. The number of hydrogen-bond donors (Lipinski definition) is 2. The molecule has 3 rings (SSSR count). The Morgan fingerprint density at radius 3 is 2.48 bits per heavy atom. The van der Waals surface area contributed by atoms with E-state index in [0.29, 0.717) is 33.5 Å². The molecule has 1 aliphatic rings. The normalized spacial score (nSPS) is 18.3. The van der Waals surface area contributed by atoms with Crippen molar-refractivity contribution in [2.45, 2.75) is 16.9 Å². The number of aliphatic carboxylic acids is 1. The summed E-state index contributed by atoms with van der Waals surface area (Å²) < 4.78 is 16.4. The highest BCUT2D eigenvalue weighted by molar-refractivity contribution is 8.01. The van der Waals surface area contributed by atoms with Crippen LogP contribution in [-0.4, -0.2) is 43.6 Å². The zero-order valence-electron chi connectivity index (χ0n) is 16.0. The fourth-order valence-corrected chi connectivity index (χ4v) is 4.90. The van der Waals surface area contributed by atoms with E-state index in [2.05, 4.69) is 5.32 Å². The lowest BCUT2D eigenvalue weighted by atomic mass is 10.0. The van der Waals surface area contributed by atoms with Gasteiger partial charge in [0.25, 0.3) is 0 Å². The molecule has 0 aromatic heterocycles. The van der Waals surface area contributed by atoms with E-state index in [0.717, 1.165) is 5.56 Å². The molecule has 0 aliphatic carbocycles. The van der Waals surface area contributed by atoms with Gasteiger partial charge in [-0.1, -0.05) is 23.7 Å². The average molecular weight is 438 g/mol. The molecule has 2 aromatic carbocycles. The van der Waals surface area contributed by atoms with Crippen molar-refractivity contribution in [3.05, 3.63) is 46.5 Å². The van der Waals surface area contributed by atoms with Crippen molar-refractivity contribution in [2.24, 2.45) is 0 Å². The summed E-state index contributed by atoms with van der Waals surface area (Å²) in [5.74, 6) is -0.0573. The predicted octanol–water partition coefficient (Wildman–Crippen LogP) is 3.98. The van der Waals surface area contributed by atoms with Gasteiger partial charge >= 0.3 is 5.97 Å². The Kier molecular flexibility index (Phi) is 6.44. The zero-order chi connectivity index (χ0) is 21.1. The smallest absolute Gasteiger partial charge is 0.305 e. The van der Waals surface area contributed by atoms with Gasteiger partial charge in [0, 0.05) is 16.7 Å². The summed E-state index contributed by atoms with van der Waals surface area (Å²) in [6, 6.07) is 8.76. The molecule has 0 saturated carbocycles. The van der Waals surface area contributed by atoms with Crippen molar-refractivity contribution >= 4 is 40.9 Å². The van der Waals surface area contributed by atoms with Crippen LogP contribution in [0.1, 0.15) is 22.8 Å². The van der Waals surface area contributed by atoms with E-state index in [1.807, 2.05) is 12.1 Å². The summed E-state index contributed by atoms with van der Waals surface area (Å²) in [4.78, 5) is 24.1. The second-order valence-corrected chi connectivity index (χ2v) is 8.00. The number of anilines is 1. The third-order valence-corrected chi connectivity index (χ3v) is 6.22. The van der Waals surface area contributed by atoms with Crippen LogP contribution in [0.3, 0.4) is 0 Å². The van der Waals surface area contributed by atoms with Gasteiger partial charge in [0.15, 0.2) is 11.5 Å². The number of rotatable bonds is 6. The number of halogens is 1. The monoisotopic (exact) mass is 437 g/mol. The minimum atomic E-state index is -1.06. The van der Waals surface area contributed by atoms with Crippen LogP contribution in [0.2, 0.25) is 5.02 Å². The van der Waals surface area contributed by atoms with Crippen molar-refractivity contribution in [3.8, 4) is 17.2 Å². The Morgan fingerprint density at radius 2 is 1.86 bits per heavy atom. The number of carboxylic acids is 1. The molecule has 1 amide bonds. The molecule has 2 unspecified atom stereocenters. The van der Waals surface area contributed by atoms with E-state index in [4.69, 9.17) is 25.8 Å². The van der Waals surface area contributed by atoms with E-state index in [9.17, 15) is 14.7 Å². The number of carboxylic acid groups (broad SMARTS) is 1. The van der Waals surface area contributed by atoms with Gasteiger partial charge in [0.05, 0.1) is 43.9 Å². The van der Waals surface area contributed by atoms with Crippen molar-refractivity contribution in [1.82, 2.24) is 0 Å². The summed E-state index contributed by atoms with van der Waals surface area (Å²) in [7, 11) is 4.54. The molecule has 29 heavy (non-hydrogen) atoms. The summed E-state index contributed by atoms with van der Waals surface area (Å²) in [5, 5.41) is 11.3. The maximum atomic E-state index is 12.8. The van der Waals surface area contributed by atoms with E-state index >= 15 is 0 Å². The Morgan fingerprint density at radius 1 is 1.14 bits per heavy atom. The van der Waals surface area contributed by atoms with Gasteiger partial charge in [-0.15, -0.1) is 11.8 Å². The van der Waals surface area contributed by atoms with E-state index < -0.39 is 22.4 Å². The molecule has 0 spiro atoms. The van der Waals surface area contributed by atoms with Crippen LogP contribution < -0.4 is 19.5 Å². The topological polar surface area (TPSA) is 94.1 Å². The van der Waals surface area contributed by atoms with Crippen molar-refractivity contribution in [3.63, 3.8) is 0 Å². The molecule has 154 valence electrons. The molecule has 9 heteroatoms. The quantitative estimate of drug-likeness (QED) is 0.705. The van der Waals surface area contributed by atoms with Crippen LogP contribution in [0.4, 0.5) is 5.69 Å². The largest absolute Gasteiger partial charge is 0.495 e. The molecule has 0 fully saturated rings. The van der Waals surface area contributed by atoms with Crippen LogP contribution in [0, 0.1) is 0 Å².